The minimum atomic E-state index is -0.323. The summed E-state index contributed by atoms with van der Waals surface area (Å²) in [6.45, 7) is 3.33. The molecule has 138 valence electrons. The number of hydrogen-bond acceptors (Lipinski definition) is 5. The van der Waals surface area contributed by atoms with Crippen molar-refractivity contribution in [3.05, 3.63) is 70.1 Å². The number of hydrogen-bond donors (Lipinski definition) is 0. The number of nitrogens with zero attached hydrogens (tertiary/aromatic N) is 2. The smallest absolute Gasteiger partial charge is 0.336 e. The van der Waals surface area contributed by atoms with Gasteiger partial charge in [-0.25, -0.2) is 9.78 Å². The van der Waals surface area contributed by atoms with Crippen LogP contribution in [0.3, 0.4) is 0 Å². The van der Waals surface area contributed by atoms with E-state index in [0.717, 1.165) is 39.2 Å². The summed E-state index contributed by atoms with van der Waals surface area (Å²) in [6.07, 6.45) is 0. The van der Waals surface area contributed by atoms with E-state index in [1.807, 2.05) is 43.3 Å². The van der Waals surface area contributed by atoms with Crippen molar-refractivity contribution in [2.75, 3.05) is 13.7 Å². The number of benzene rings is 2. The lowest BCUT2D eigenvalue weighted by atomic mass is 10.1. The second kappa shape index (κ2) is 7.58. The van der Waals surface area contributed by atoms with Crippen LogP contribution in [0.4, 0.5) is 0 Å². The van der Waals surface area contributed by atoms with Crippen molar-refractivity contribution in [2.24, 2.45) is 0 Å². The fraction of sp³-hybridized carbons (Fsp3) is 0.238. The van der Waals surface area contributed by atoms with Gasteiger partial charge in [-0.3, -0.25) is 0 Å². The van der Waals surface area contributed by atoms with Crippen molar-refractivity contribution in [1.82, 2.24) is 9.55 Å². The Balaban J connectivity index is 1.70. The zero-order valence-electron chi connectivity index (χ0n) is 15.3. The van der Waals surface area contributed by atoms with Gasteiger partial charge in [0.15, 0.2) is 5.16 Å². The van der Waals surface area contributed by atoms with E-state index in [1.54, 1.807) is 24.9 Å². The van der Waals surface area contributed by atoms with Crippen LogP contribution < -0.4 is 5.63 Å². The third-order valence-corrected chi connectivity index (χ3v) is 5.51. The van der Waals surface area contributed by atoms with Crippen molar-refractivity contribution in [2.45, 2.75) is 24.4 Å². The van der Waals surface area contributed by atoms with E-state index in [-0.39, 0.29) is 5.63 Å². The van der Waals surface area contributed by atoms with Gasteiger partial charge in [0, 0.05) is 30.9 Å². The van der Waals surface area contributed by atoms with Crippen molar-refractivity contribution in [3.8, 4) is 0 Å². The number of fused-ring (bicyclic) bond motifs is 2. The molecule has 2 heterocycles. The summed E-state index contributed by atoms with van der Waals surface area (Å²) >= 11 is 1.62. The SMILES string of the molecule is COCCn1c(SCc2cc(=O)oc3cc(C)ccc23)nc2ccccc21. The number of ether oxygens (including phenoxy) is 1. The van der Waals surface area contributed by atoms with Gasteiger partial charge in [0.1, 0.15) is 5.58 Å². The van der Waals surface area contributed by atoms with Crippen molar-refractivity contribution in [3.63, 3.8) is 0 Å². The summed E-state index contributed by atoms with van der Waals surface area (Å²) in [5.41, 5.74) is 4.38. The molecule has 0 saturated carbocycles. The Hall–Kier alpha value is -2.57. The fourth-order valence-corrected chi connectivity index (χ4v) is 4.19. The number of aryl methyl sites for hydroxylation is 1. The highest BCUT2D eigenvalue weighted by atomic mass is 32.2. The number of imidazole rings is 1. The molecule has 0 aliphatic rings. The minimum absolute atomic E-state index is 0.323. The van der Waals surface area contributed by atoms with Crippen LogP contribution in [0, 0.1) is 6.92 Å². The first-order valence-electron chi connectivity index (χ1n) is 8.76. The molecule has 0 N–H and O–H groups in total. The average molecular weight is 380 g/mol. The summed E-state index contributed by atoms with van der Waals surface area (Å²) in [6, 6.07) is 15.6. The van der Waals surface area contributed by atoms with E-state index < -0.39 is 0 Å². The highest BCUT2D eigenvalue weighted by molar-refractivity contribution is 7.98. The molecule has 6 heteroatoms. The van der Waals surface area contributed by atoms with Gasteiger partial charge in [0.2, 0.25) is 0 Å². The number of methoxy groups -OCH3 is 1. The fourth-order valence-electron chi connectivity index (χ4n) is 3.16. The summed E-state index contributed by atoms with van der Waals surface area (Å²) in [5.74, 6) is 0.640. The lowest BCUT2D eigenvalue weighted by molar-refractivity contribution is 0.186. The van der Waals surface area contributed by atoms with Crippen LogP contribution in [-0.4, -0.2) is 23.3 Å². The molecule has 0 amide bonds. The lowest BCUT2D eigenvalue weighted by Crippen LogP contribution is -2.06. The van der Waals surface area contributed by atoms with E-state index in [1.165, 1.54) is 0 Å². The number of rotatable bonds is 6. The quantitative estimate of drug-likeness (QED) is 0.367. The van der Waals surface area contributed by atoms with Gasteiger partial charge in [-0.2, -0.15) is 0 Å². The highest BCUT2D eigenvalue weighted by Gasteiger charge is 2.13. The zero-order chi connectivity index (χ0) is 18.8. The summed E-state index contributed by atoms with van der Waals surface area (Å²) in [5, 5.41) is 1.88. The normalized spacial score (nSPS) is 11.5. The number of para-hydroxylation sites is 2. The maximum atomic E-state index is 12.0. The Bertz CT molecular complexity index is 1160. The van der Waals surface area contributed by atoms with Crippen molar-refractivity contribution >= 4 is 33.8 Å². The molecule has 2 aromatic heterocycles. The van der Waals surface area contributed by atoms with Crippen LogP contribution in [0.15, 0.2) is 62.9 Å². The van der Waals surface area contributed by atoms with E-state index in [0.29, 0.717) is 17.9 Å². The van der Waals surface area contributed by atoms with E-state index in [9.17, 15) is 4.79 Å². The predicted molar refractivity (Wildman–Crippen MR) is 108 cm³/mol. The highest BCUT2D eigenvalue weighted by Crippen LogP contribution is 2.29. The van der Waals surface area contributed by atoms with Gasteiger partial charge in [-0.05, 0) is 36.2 Å². The molecule has 0 radical (unpaired) electrons. The molecule has 0 unspecified atom stereocenters. The van der Waals surface area contributed by atoms with Crippen LogP contribution in [0.25, 0.3) is 22.0 Å². The predicted octanol–water partition coefficient (Wildman–Crippen LogP) is 4.39. The van der Waals surface area contributed by atoms with Gasteiger partial charge >= 0.3 is 5.63 Å². The molecule has 27 heavy (non-hydrogen) atoms. The van der Waals surface area contributed by atoms with E-state index in [2.05, 4.69) is 10.6 Å². The molecule has 5 nitrogen and oxygen atoms in total. The molecule has 2 aromatic carbocycles. The molecule has 0 atom stereocenters. The molecule has 0 fully saturated rings. The first-order chi connectivity index (χ1) is 13.2. The zero-order valence-corrected chi connectivity index (χ0v) is 16.1. The molecule has 4 aromatic rings. The lowest BCUT2D eigenvalue weighted by Gasteiger charge is -2.09. The minimum Gasteiger partial charge on any atom is -0.423 e. The van der Waals surface area contributed by atoms with Gasteiger partial charge in [0.05, 0.1) is 17.6 Å². The molecular formula is C21H20N2O3S. The molecule has 0 bridgehead atoms. The molecule has 0 aliphatic carbocycles. The standard InChI is InChI=1S/C21H20N2O3S/c1-14-7-8-16-15(12-20(24)26-19(16)11-14)13-27-21-22-17-5-3-4-6-18(17)23(21)9-10-25-2/h3-8,11-12H,9-10,13H2,1-2H3. The van der Waals surface area contributed by atoms with Crippen LogP contribution in [0.2, 0.25) is 0 Å². The Morgan fingerprint density at radius 2 is 2.04 bits per heavy atom. The summed E-state index contributed by atoms with van der Waals surface area (Å²) in [4.78, 5) is 16.7. The largest absolute Gasteiger partial charge is 0.423 e. The summed E-state index contributed by atoms with van der Waals surface area (Å²) < 4.78 is 12.8. The first-order valence-corrected chi connectivity index (χ1v) is 9.74. The number of thioether (sulfide) groups is 1. The van der Waals surface area contributed by atoms with Crippen LogP contribution in [0.5, 0.6) is 0 Å². The van der Waals surface area contributed by atoms with Gasteiger partial charge in [-0.15, -0.1) is 0 Å². The third kappa shape index (κ3) is 3.63. The second-order valence-electron chi connectivity index (χ2n) is 6.41. The van der Waals surface area contributed by atoms with Crippen molar-refractivity contribution < 1.29 is 9.15 Å². The maximum Gasteiger partial charge on any atom is 0.336 e. The Morgan fingerprint density at radius 1 is 1.19 bits per heavy atom. The maximum absolute atomic E-state index is 12.0. The molecule has 0 spiro atoms. The monoisotopic (exact) mass is 380 g/mol. The Morgan fingerprint density at radius 3 is 2.89 bits per heavy atom. The number of aromatic nitrogens is 2. The van der Waals surface area contributed by atoms with E-state index >= 15 is 0 Å². The van der Waals surface area contributed by atoms with Crippen LogP contribution >= 0.6 is 11.8 Å². The van der Waals surface area contributed by atoms with Crippen molar-refractivity contribution in [1.29, 1.82) is 0 Å². The molecular weight excluding hydrogens is 360 g/mol. The summed E-state index contributed by atoms with van der Waals surface area (Å²) in [7, 11) is 1.70. The van der Waals surface area contributed by atoms with Gasteiger partial charge in [-0.1, -0.05) is 36.0 Å². The van der Waals surface area contributed by atoms with Gasteiger partial charge in [0.25, 0.3) is 0 Å². The van der Waals surface area contributed by atoms with Gasteiger partial charge < -0.3 is 13.7 Å². The molecule has 4 rings (SSSR count). The third-order valence-electron chi connectivity index (χ3n) is 4.48. The Kier molecular flexibility index (Phi) is 5.01. The topological polar surface area (TPSA) is 57.3 Å². The van der Waals surface area contributed by atoms with Crippen LogP contribution in [0.1, 0.15) is 11.1 Å². The second-order valence-corrected chi connectivity index (χ2v) is 7.35. The molecule has 0 saturated heterocycles. The average Bonchev–Trinajstić information content (AvgIpc) is 3.01. The van der Waals surface area contributed by atoms with E-state index in [4.69, 9.17) is 14.1 Å². The first kappa shape index (κ1) is 17.8. The van der Waals surface area contributed by atoms with Crippen LogP contribution in [-0.2, 0) is 17.0 Å². The molecule has 0 aliphatic heterocycles. The Labute approximate surface area is 161 Å².